The maximum absolute atomic E-state index is 4.36. The highest BCUT2D eigenvalue weighted by Crippen LogP contribution is 1.99. The number of hydrogen-bond donors (Lipinski definition) is 0. The first-order valence-electron chi connectivity index (χ1n) is 5.07. The molecule has 2 aromatic rings. The van der Waals surface area contributed by atoms with Crippen LogP contribution >= 0.6 is 0 Å². The Labute approximate surface area is 90.4 Å². The molecule has 0 amide bonds. The predicted octanol–water partition coefficient (Wildman–Crippen LogP) is -1.14. The van der Waals surface area contributed by atoms with Crippen LogP contribution in [0.15, 0.2) is 32.1 Å². The minimum Gasteiger partial charge on any atom is -0.260 e. The monoisotopic (exact) mass is 206 g/mol. The van der Waals surface area contributed by atoms with Crippen LogP contribution in [0.5, 0.6) is 0 Å². The van der Waals surface area contributed by atoms with Gasteiger partial charge in [0.15, 0.2) is 0 Å². The smallest absolute Gasteiger partial charge is 0.136 e. The van der Waals surface area contributed by atoms with Crippen LogP contribution < -0.4 is 21.4 Å². The van der Waals surface area contributed by atoms with Gasteiger partial charge in [-0.2, -0.15) is 0 Å². The lowest BCUT2D eigenvalue weighted by molar-refractivity contribution is 1.06. The lowest BCUT2D eigenvalue weighted by Crippen LogP contribution is -2.28. The van der Waals surface area contributed by atoms with E-state index in [-0.39, 0.29) is 0 Å². The summed E-state index contributed by atoms with van der Waals surface area (Å²) in [6.45, 7) is 1.01. The molecular weight excluding hydrogens is 200 g/mol. The average molecular weight is 206 g/mol. The van der Waals surface area contributed by atoms with Crippen LogP contribution in [0.25, 0.3) is 10.8 Å². The van der Waals surface area contributed by atoms with Crippen molar-refractivity contribution in [3.63, 3.8) is 0 Å². The van der Waals surface area contributed by atoms with Gasteiger partial charge in [0.25, 0.3) is 0 Å². The molecule has 0 bridgehead atoms. The topological polar surface area (TPSA) is 49.4 Å². The van der Waals surface area contributed by atoms with E-state index in [1.165, 1.54) is 0 Å². The molecular formula is C12H6N4. The lowest BCUT2D eigenvalue weighted by atomic mass is 10.1. The van der Waals surface area contributed by atoms with Gasteiger partial charge in [0.1, 0.15) is 29.4 Å². The maximum Gasteiger partial charge on any atom is 0.136 e. The quantitative estimate of drug-likeness (QED) is 0.523. The summed E-state index contributed by atoms with van der Waals surface area (Å²) in [7, 11) is 0. The molecule has 4 heteroatoms. The van der Waals surface area contributed by atoms with E-state index in [2.05, 4.69) is 32.1 Å². The van der Waals surface area contributed by atoms with Gasteiger partial charge < -0.3 is 0 Å². The number of fused-ring (bicyclic) bond motifs is 5. The SMILES string of the molecule is c1c2c(c3ccc4c(c3c#1)=NCN=4)=NCN=2. The van der Waals surface area contributed by atoms with Crippen LogP contribution in [-0.4, -0.2) is 13.3 Å². The summed E-state index contributed by atoms with van der Waals surface area (Å²) >= 11 is 0. The molecule has 0 N–H and O–H groups in total. The van der Waals surface area contributed by atoms with Gasteiger partial charge in [-0.05, 0) is 18.2 Å². The number of rotatable bonds is 0. The second kappa shape index (κ2) is 2.64. The van der Waals surface area contributed by atoms with E-state index in [1.54, 1.807) is 0 Å². The fourth-order valence-electron chi connectivity index (χ4n) is 2.13. The summed E-state index contributed by atoms with van der Waals surface area (Å²) < 4.78 is 0. The van der Waals surface area contributed by atoms with Crippen LogP contribution in [0, 0.1) is 12.1 Å². The summed E-state index contributed by atoms with van der Waals surface area (Å²) in [6.07, 6.45) is 0. The largest absolute Gasteiger partial charge is 0.260 e. The number of benzene rings is 1. The Kier molecular flexibility index (Phi) is 1.31. The Balaban J connectivity index is 2.41. The zero-order valence-electron chi connectivity index (χ0n) is 8.36. The van der Waals surface area contributed by atoms with Crippen LogP contribution in [0.4, 0.5) is 0 Å². The fourth-order valence-corrected chi connectivity index (χ4v) is 2.13. The van der Waals surface area contributed by atoms with Gasteiger partial charge >= 0.3 is 0 Å². The van der Waals surface area contributed by atoms with E-state index in [9.17, 15) is 0 Å². The minimum atomic E-state index is 0.497. The zero-order valence-corrected chi connectivity index (χ0v) is 8.36. The molecule has 2 aliphatic rings. The van der Waals surface area contributed by atoms with Crippen molar-refractivity contribution in [2.45, 2.75) is 0 Å². The molecule has 4 nitrogen and oxygen atoms in total. The Bertz CT molecular complexity index is 776. The van der Waals surface area contributed by atoms with Gasteiger partial charge in [0.2, 0.25) is 0 Å². The van der Waals surface area contributed by atoms with Crippen LogP contribution in [0.2, 0.25) is 0 Å². The predicted molar refractivity (Wildman–Crippen MR) is 56.0 cm³/mol. The Morgan fingerprint density at radius 2 is 1.75 bits per heavy atom. The molecule has 2 aliphatic heterocycles. The molecule has 0 saturated heterocycles. The standard InChI is InChI=1S/C12H6N4/c1-3-9-12(16-5-13-9)8-2-4-10-11(7(1)8)15-6-14-10/h1,3H,5-6H2. The molecule has 0 radical (unpaired) electrons. The van der Waals surface area contributed by atoms with Gasteiger partial charge in [-0.15, -0.1) is 0 Å². The van der Waals surface area contributed by atoms with Crippen molar-refractivity contribution in [1.29, 1.82) is 0 Å². The minimum absolute atomic E-state index is 0.497. The van der Waals surface area contributed by atoms with Crippen molar-refractivity contribution in [2.75, 3.05) is 13.3 Å². The second-order valence-electron chi connectivity index (χ2n) is 3.72. The Morgan fingerprint density at radius 3 is 2.75 bits per heavy atom. The summed E-state index contributed by atoms with van der Waals surface area (Å²) in [5, 5.41) is 5.58. The molecule has 2 aromatic carbocycles. The summed E-state index contributed by atoms with van der Waals surface area (Å²) in [6, 6.07) is 10.2. The van der Waals surface area contributed by atoms with E-state index in [0.29, 0.717) is 13.3 Å². The van der Waals surface area contributed by atoms with Crippen molar-refractivity contribution in [2.24, 2.45) is 20.0 Å². The summed E-state index contributed by atoms with van der Waals surface area (Å²) in [5.74, 6) is 0. The molecule has 0 atom stereocenters. The van der Waals surface area contributed by atoms with Crippen molar-refractivity contribution in [3.8, 4) is 0 Å². The van der Waals surface area contributed by atoms with Gasteiger partial charge in [0.05, 0.1) is 10.7 Å². The molecule has 0 spiro atoms. The molecule has 74 valence electrons. The molecule has 4 rings (SSSR count). The molecule has 0 aliphatic carbocycles. The molecule has 0 aromatic heterocycles. The first-order chi connectivity index (χ1) is 7.93. The molecule has 0 saturated carbocycles. The first-order valence-corrected chi connectivity index (χ1v) is 5.07. The van der Waals surface area contributed by atoms with E-state index >= 15 is 0 Å². The highest BCUT2D eigenvalue weighted by molar-refractivity contribution is 5.79. The van der Waals surface area contributed by atoms with Crippen LogP contribution in [0.1, 0.15) is 0 Å². The fraction of sp³-hybridized carbons (Fsp3) is 0.167. The van der Waals surface area contributed by atoms with Crippen molar-refractivity contribution < 1.29 is 0 Å². The maximum atomic E-state index is 4.36. The average Bonchev–Trinajstić information content (AvgIpc) is 2.96. The van der Waals surface area contributed by atoms with E-state index in [0.717, 1.165) is 32.2 Å². The lowest BCUT2D eigenvalue weighted by Gasteiger charge is -1.92. The van der Waals surface area contributed by atoms with Crippen molar-refractivity contribution in [1.82, 2.24) is 0 Å². The molecule has 0 fully saturated rings. The Morgan fingerprint density at radius 1 is 0.875 bits per heavy atom. The van der Waals surface area contributed by atoms with Crippen molar-refractivity contribution >= 4 is 10.8 Å². The van der Waals surface area contributed by atoms with E-state index in [4.69, 9.17) is 0 Å². The summed E-state index contributed by atoms with van der Waals surface area (Å²) in [5.41, 5.74) is 0. The summed E-state index contributed by atoms with van der Waals surface area (Å²) in [4.78, 5) is 17.2. The molecule has 0 unspecified atom stereocenters. The van der Waals surface area contributed by atoms with E-state index < -0.39 is 0 Å². The van der Waals surface area contributed by atoms with E-state index in [1.807, 2.05) is 12.1 Å². The Hall–Kier alpha value is -2.28. The third-order valence-corrected chi connectivity index (χ3v) is 2.87. The first kappa shape index (κ1) is 7.94. The molecule has 16 heavy (non-hydrogen) atoms. The van der Waals surface area contributed by atoms with Crippen LogP contribution in [-0.2, 0) is 0 Å². The third-order valence-electron chi connectivity index (χ3n) is 2.87. The van der Waals surface area contributed by atoms with Gasteiger partial charge in [0, 0.05) is 5.39 Å². The third kappa shape index (κ3) is 0.854. The van der Waals surface area contributed by atoms with Gasteiger partial charge in [-0.1, -0.05) is 6.07 Å². The second-order valence-corrected chi connectivity index (χ2v) is 3.72. The van der Waals surface area contributed by atoms with Crippen LogP contribution in [0.3, 0.4) is 0 Å². The van der Waals surface area contributed by atoms with Crippen molar-refractivity contribution in [3.05, 3.63) is 45.7 Å². The highest BCUT2D eigenvalue weighted by atomic mass is 15.0. The number of hydrogen-bond acceptors (Lipinski definition) is 4. The molecule has 2 heterocycles. The zero-order chi connectivity index (χ0) is 10.5. The van der Waals surface area contributed by atoms with Gasteiger partial charge in [-0.25, -0.2) is 0 Å². The number of nitrogens with zero attached hydrogens (tertiary/aromatic N) is 4. The highest BCUT2D eigenvalue weighted by Gasteiger charge is 2.06. The van der Waals surface area contributed by atoms with Gasteiger partial charge in [-0.3, -0.25) is 20.0 Å². The normalized spacial score (nSPS) is 15.2.